The predicted octanol–water partition coefficient (Wildman–Crippen LogP) is 2.15. The number of hydrogen-bond donors (Lipinski definition) is 4. The zero-order valence-electron chi connectivity index (χ0n) is 11.9. The topological polar surface area (TPSA) is 149 Å². The van der Waals surface area contributed by atoms with Gasteiger partial charge in [-0.05, 0) is 47.5 Å². The normalized spacial score (nSPS) is 10.2. The summed E-state index contributed by atoms with van der Waals surface area (Å²) in [4.78, 5) is 44.9. The van der Waals surface area contributed by atoms with Crippen LogP contribution in [-0.2, 0) is 0 Å². The first kappa shape index (κ1) is 16.7. The summed E-state index contributed by atoms with van der Waals surface area (Å²) in [5, 5.41) is 36.6. The van der Waals surface area contributed by atoms with Gasteiger partial charge in [0.05, 0.1) is 22.3 Å². The molecule has 0 aliphatic heterocycles. The Bertz CT molecular complexity index is 808. The molecule has 0 aliphatic carbocycles. The number of carboxylic acid groups (broad SMARTS) is 4. The minimum absolute atomic E-state index is 0.192. The maximum atomic E-state index is 11.4. The minimum Gasteiger partial charge on any atom is -0.478 e. The van der Waals surface area contributed by atoms with Crippen LogP contribution in [0, 0.1) is 0 Å². The molecule has 2 aromatic carbocycles. The van der Waals surface area contributed by atoms with E-state index in [1.54, 1.807) is 0 Å². The Hall–Kier alpha value is -3.68. The van der Waals surface area contributed by atoms with E-state index in [1.165, 1.54) is 0 Å². The molecule has 0 saturated carbocycles. The molecular formula is C16H10O8. The van der Waals surface area contributed by atoms with Gasteiger partial charge in [0.15, 0.2) is 0 Å². The van der Waals surface area contributed by atoms with Crippen molar-refractivity contribution in [2.24, 2.45) is 0 Å². The van der Waals surface area contributed by atoms with Crippen molar-refractivity contribution >= 4 is 23.9 Å². The van der Waals surface area contributed by atoms with Crippen molar-refractivity contribution < 1.29 is 39.6 Å². The molecule has 8 nitrogen and oxygen atoms in total. The van der Waals surface area contributed by atoms with Crippen LogP contribution in [-0.4, -0.2) is 44.3 Å². The molecule has 0 amide bonds. The largest absolute Gasteiger partial charge is 0.478 e. The Balaban J connectivity index is 2.86. The summed E-state index contributed by atoms with van der Waals surface area (Å²) in [5.41, 5.74) is -1.58. The van der Waals surface area contributed by atoms with E-state index in [4.69, 9.17) is 10.2 Å². The van der Waals surface area contributed by atoms with E-state index in [-0.39, 0.29) is 33.4 Å². The summed E-state index contributed by atoms with van der Waals surface area (Å²) in [5.74, 6) is -5.48. The number of carbonyl (C=O) groups is 4. The lowest BCUT2D eigenvalue weighted by Gasteiger charge is -2.11. The molecule has 0 spiro atoms. The Kier molecular flexibility index (Phi) is 4.32. The Morgan fingerprint density at radius 2 is 0.875 bits per heavy atom. The van der Waals surface area contributed by atoms with Crippen LogP contribution in [0.4, 0.5) is 0 Å². The first-order chi connectivity index (χ1) is 11.2. The van der Waals surface area contributed by atoms with Gasteiger partial charge in [0.25, 0.3) is 0 Å². The van der Waals surface area contributed by atoms with Crippen molar-refractivity contribution in [1.82, 2.24) is 0 Å². The monoisotopic (exact) mass is 330 g/mol. The van der Waals surface area contributed by atoms with Gasteiger partial charge in [0, 0.05) is 0 Å². The van der Waals surface area contributed by atoms with Gasteiger partial charge >= 0.3 is 23.9 Å². The fourth-order valence-corrected chi connectivity index (χ4v) is 2.17. The maximum Gasteiger partial charge on any atom is 0.336 e. The molecule has 8 heteroatoms. The minimum atomic E-state index is -1.40. The molecule has 4 N–H and O–H groups in total. The average Bonchev–Trinajstić information content (AvgIpc) is 2.53. The zero-order chi connectivity index (χ0) is 18.0. The second kappa shape index (κ2) is 6.21. The van der Waals surface area contributed by atoms with Crippen LogP contribution in [0.2, 0.25) is 0 Å². The van der Waals surface area contributed by atoms with E-state index in [2.05, 4.69) is 0 Å². The highest BCUT2D eigenvalue weighted by Gasteiger charge is 2.21. The van der Waals surface area contributed by atoms with Crippen molar-refractivity contribution in [3.8, 4) is 11.1 Å². The molecular weight excluding hydrogens is 320 g/mol. The van der Waals surface area contributed by atoms with E-state index >= 15 is 0 Å². The smallest absolute Gasteiger partial charge is 0.336 e. The van der Waals surface area contributed by atoms with E-state index in [1.807, 2.05) is 0 Å². The number of rotatable bonds is 5. The number of benzene rings is 2. The van der Waals surface area contributed by atoms with Crippen LogP contribution in [0.15, 0.2) is 36.4 Å². The third-order valence-corrected chi connectivity index (χ3v) is 3.28. The molecule has 0 radical (unpaired) electrons. The first-order valence-electron chi connectivity index (χ1n) is 6.44. The molecule has 122 valence electrons. The zero-order valence-corrected chi connectivity index (χ0v) is 11.9. The number of hydrogen-bond acceptors (Lipinski definition) is 4. The molecule has 24 heavy (non-hydrogen) atoms. The van der Waals surface area contributed by atoms with Crippen LogP contribution in [0.25, 0.3) is 11.1 Å². The van der Waals surface area contributed by atoms with E-state index in [0.717, 1.165) is 36.4 Å². The van der Waals surface area contributed by atoms with Gasteiger partial charge in [-0.25, -0.2) is 19.2 Å². The average molecular weight is 330 g/mol. The van der Waals surface area contributed by atoms with Crippen molar-refractivity contribution in [2.75, 3.05) is 0 Å². The lowest BCUT2D eigenvalue weighted by Crippen LogP contribution is -2.08. The highest BCUT2D eigenvalue weighted by molar-refractivity contribution is 6.05. The van der Waals surface area contributed by atoms with E-state index < -0.39 is 23.9 Å². The van der Waals surface area contributed by atoms with Gasteiger partial charge in [-0.15, -0.1) is 0 Å². The Morgan fingerprint density at radius 3 is 1.12 bits per heavy atom. The Labute approximate surface area is 134 Å². The van der Waals surface area contributed by atoms with Gasteiger partial charge in [0.2, 0.25) is 0 Å². The van der Waals surface area contributed by atoms with Gasteiger partial charge in [-0.1, -0.05) is 0 Å². The molecule has 2 aromatic rings. The van der Waals surface area contributed by atoms with Gasteiger partial charge in [0.1, 0.15) is 0 Å². The summed E-state index contributed by atoms with van der Waals surface area (Å²) in [6, 6.07) is 6.19. The second-order valence-corrected chi connectivity index (χ2v) is 4.74. The molecule has 0 unspecified atom stereocenters. The van der Waals surface area contributed by atoms with Crippen LogP contribution >= 0.6 is 0 Å². The Morgan fingerprint density at radius 1 is 0.542 bits per heavy atom. The lowest BCUT2D eigenvalue weighted by molar-refractivity contribution is 0.0679. The fraction of sp³-hybridized carbons (Fsp3) is 0. The van der Waals surface area contributed by atoms with Crippen molar-refractivity contribution in [3.05, 3.63) is 58.7 Å². The SMILES string of the molecule is O=C(O)c1ccc(C(=O)O)c(-c2cc(C(=O)O)ccc2C(=O)O)c1. The molecule has 0 fully saturated rings. The maximum absolute atomic E-state index is 11.4. The highest BCUT2D eigenvalue weighted by Crippen LogP contribution is 2.30. The lowest BCUT2D eigenvalue weighted by atomic mass is 9.92. The summed E-state index contributed by atoms with van der Waals surface area (Å²) in [7, 11) is 0. The quantitative estimate of drug-likeness (QED) is 0.651. The molecule has 0 atom stereocenters. The van der Waals surface area contributed by atoms with Crippen LogP contribution in [0.5, 0.6) is 0 Å². The summed E-state index contributed by atoms with van der Waals surface area (Å²) < 4.78 is 0. The number of aromatic carboxylic acids is 4. The van der Waals surface area contributed by atoms with Crippen LogP contribution in [0.3, 0.4) is 0 Å². The van der Waals surface area contributed by atoms with Gasteiger partial charge in [-0.2, -0.15) is 0 Å². The molecule has 0 bridgehead atoms. The standard InChI is InChI=1S/C16H10O8/c17-13(18)7-1-3-9(15(21)22)11(5-7)12-6-8(14(19)20)2-4-10(12)16(23)24/h1-6H,(H,17,18)(H,19,20)(H,21,22)(H,23,24). The molecule has 0 saturated heterocycles. The van der Waals surface area contributed by atoms with Gasteiger partial charge in [-0.3, -0.25) is 0 Å². The van der Waals surface area contributed by atoms with Crippen LogP contribution < -0.4 is 0 Å². The third kappa shape index (κ3) is 3.07. The molecule has 0 heterocycles. The predicted molar refractivity (Wildman–Crippen MR) is 79.7 cm³/mol. The highest BCUT2D eigenvalue weighted by atomic mass is 16.4. The van der Waals surface area contributed by atoms with Crippen molar-refractivity contribution in [1.29, 1.82) is 0 Å². The second-order valence-electron chi connectivity index (χ2n) is 4.74. The van der Waals surface area contributed by atoms with Crippen LogP contribution in [0.1, 0.15) is 41.4 Å². The van der Waals surface area contributed by atoms with Crippen molar-refractivity contribution in [2.45, 2.75) is 0 Å². The van der Waals surface area contributed by atoms with E-state index in [9.17, 15) is 29.4 Å². The van der Waals surface area contributed by atoms with Gasteiger partial charge < -0.3 is 20.4 Å². The summed E-state index contributed by atoms with van der Waals surface area (Å²) in [6.45, 7) is 0. The number of carboxylic acids is 4. The molecule has 0 aromatic heterocycles. The van der Waals surface area contributed by atoms with Crippen molar-refractivity contribution in [3.63, 3.8) is 0 Å². The summed E-state index contributed by atoms with van der Waals surface area (Å²) in [6.07, 6.45) is 0. The summed E-state index contributed by atoms with van der Waals surface area (Å²) >= 11 is 0. The third-order valence-electron chi connectivity index (χ3n) is 3.28. The van der Waals surface area contributed by atoms with E-state index in [0.29, 0.717) is 0 Å². The first-order valence-corrected chi connectivity index (χ1v) is 6.44. The molecule has 2 rings (SSSR count). The molecule has 0 aliphatic rings. The fourth-order valence-electron chi connectivity index (χ4n) is 2.17.